The van der Waals surface area contributed by atoms with Crippen molar-refractivity contribution in [3.8, 4) is 0 Å². The first-order valence-electron chi connectivity index (χ1n) is 9.86. The van der Waals surface area contributed by atoms with E-state index in [1.54, 1.807) is 11.9 Å². The van der Waals surface area contributed by atoms with Gasteiger partial charge in [-0.05, 0) is 43.7 Å². The van der Waals surface area contributed by atoms with E-state index in [4.69, 9.17) is 4.74 Å². The zero-order chi connectivity index (χ0) is 21.1. The number of hydrazone groups is 1. The molecule has 0 radical (unpaired) electrons. The summed E-state index contributed by atoms with van der Waals surface area (Å²) in [5.74, 6) is -0.723. The molecule has 3 aromatic rings. The number of carbonyl (C=O) groups excluding carboxylic acids is 2. The van der Waals surface area contributed by atoms with Gasteiger partial charge in [0.15, 0.2) is 0 Å². The molecule has 0 spiro atoms. The van der Waals surface area contributed by atoms with Gasteiger partial charge in [-0.3, -0.25) is 9.80 Å². The molecule has 1 N–H and O–H groups in total. The first-order valence-corrected chi connectivity index (χ1v) is 9.86. The smallest absolute Gasteiger partial charge is 0.354 e. The number of rotatable bonds is 6. The van der Waals surface area contributed by atoms with Crippen LogP contribution in [0, 0.1) is 6.92 Å². The molecule has 4 rings (SSSR count). The molecular weight excluding hydrogens is 382 g/mol. The molecular formula is C22H23N5O3. The molecule has 154 valence electrons. The van der Waals surface area contributed by atoms with Gasteiger partial charge in [0.2, 0.25) is 5.91 Å². The number of fused-ring (bicyclic) bond motifs is 1. The van der Waals surface area contributed by atoms with Crippen molar-refractivity contribution in [2.24, 2.45) is 5.10 Å². The van der Waals surface area contributed by atoms with Crippen LogP contribution in [0.5, 0.6) is 0 Å². The van der Waals surface area contributed by atoms with Crippen molar-refractivity contribution in [2.45, 2.75) is 32.9 Å². The quantitative estimate of drug-likeness (QED) is 0.637. The number of anilines is 1. The van der Waals surface area contributed by atoms with Gasteiger partial charge in [-0.25, -0.2) is 9.78 Å². The molecule has 1 atom stereocenters. The lowest BCUT2D eigenvalue weighted by Crippen LogP contribution is -2.42. The number of para-hydroxylation sites is 1. The fourth-order valence-electron chi connectivity index (χ4n) is 3.39. The topological polar surface area (TPSA) is 88.3 Å². The summed E-state index contributed by atoms with van der Waals surface area (Å²) < 4.78 is 6.99. The first kappa shape index (κ1) is 19.6. The van der Waals surface area contributed by atoms with E-state index in [1.807, 2.05) is 66.2 Å². The number of benzene rings is 1. The highest BCUT2D eigenvalue weighted by Crippen LogP contribution is 2.25. The largest absolute Gasteiger partial charge is 0.461 e. The van der Waals surface area contributed by atoms with E-state index >= 15 is 0 Å². The van der Waals surface area contributed by atoms with Crippen molar-refractivity contribution in [1.29, 1.82) is 0 Å². The summed E-state index contributed by atoms with van der Waals surface area (Å²) in [6.07, 6.45) is 4.01. The van der Waals surface area contributed by atoms with Crippen LogP contribution in [0.1, 0.15) is 24.6 Å². The molecule has 1 unspecified atom stereocenters. The Kier molecular flexibility index (Phi) is 5.47. The first-order chi connectivity index (χ1) is 14.5. The number of esters is 1. The Labute approximate surface area is 174 Å². The molecule has 1 aromatic carbocycles. The zero-order valence-electron chi connectivity index (χ0n) is 16.9. The maximum Gasteiger partial charge on any atom is 0.354 e. The highest BCUT2D eigenvalue weighted by molar-refractivity contribution is 6.38. The van der Waals surface area contributed by atoms with E-state index in [1.165, 1.54) is 0 Å². The number of aryl methyl sites for hydroxylation is 1. The number of hydrogen-bond acceptors (Lipinski definition) is 6. The van der Waals surface area contributed by atoms with Crippen molar-refractivity contribution < 1.29 is 14.3 Å². The molecule has 8 nitrogen and oxygen atoms in total. The average molecular weight is 405 g/mol. The predicted octanol–water partition coefficient (Wildman–Crippen LogP) is 2.46. The second kappa shape index (κ2) is 8.36. The third kappa shape index (κ3) is 4.03. The van der Waals surface area contributed by atoms with Crippen LogP contribution in [0.15, 0.2) is 60.0 Å². The van der Waals surface area contributed by atoms with Gasteiger partial charge in [0, 0.05) is 18.8 Å². The van der Waals surface area contributed by atoms with Crippen molar-refractivity contribution in [3.05, 3.63) is 66.1 Å². The predicted molar refractivity (Wildman–Crippen MR) is 113 cm³/mol. The lowest BCUT2D eigenvalue weighted by Gasteiger charge is -2.22. The van der Waals surface area contributed by atoms with E-state index < -0.39 is 12.0 Å². The van der Waals surface area contributed by atoms with Gasteiger partial charge in [0.1, 0.15) is 17.4 Å². The van der Waals surface area contributed by atoms with Gasteiger partial charge in [0.05, 0.1) is 24.5 Å². The molecule has 30 heavy (non-hydrogen) atoms. The molecule has 0 saturated heterocycles. The van der Waals surface area contributed by atoms with E-state index in [9.17, 15) is 9.59 Å². The van der Waals surface area contributed by atoms with Gasteiger partial charge in [-0.2, -0.15) is 5.10 Å². The second-order valence-electron chi connectivity index (χ2n) is 7.09. The number of carbonyl (C=O) groups is 2. The summed E-state index contributed by atoms with van der Waals surface area (Å²) in [6, 6.07) is 12.7. The number of imidazole rings is 1. The molecule has 0 saturated carbocycles. The summed E-state index contributed by atoms with van der Waals surface area (Å²) in [7, 11) is 0. The number of hydrogen-bond donors (Lipinski definition) is 1. The average Bonchev–Trinajstić information content (AvgIpc) is 3.37. The van der Waals surface area contributed by atoms with Crippen LogP contribution < -0.4 is 10.3 Å². The fraction of sp³-hybridized carbons (Fsp3) is 0.273. The van der Waals surface area contributed by atoms with Crippen LogP contribution in [-0.4, -0.2) is 39.6 Å². The standard InChI is InChI=1S/C22H23N5O3/c1-3-30-22(29)18-12-19(27(25-18)17-7-5-4-6-8-17)21(28)23-13-16-14-26-10-9-15(2)11-20(26)24-16/h4-11,14,19H,3,12-13H2,1-2H3,(H,23,28). The minimum atomic E-state index is -0.633. The molecule has 3 heterocycles. The molecule has 0 bridgehead atoms. The number of amides is 1. The van der Waals surface area contributed by atoms with Gasteiger partial charge in [-0.15, -0.1) is 0 Å². The van der Waals surface area contributed by atoms with Crippen molar-refractivity contribution in [3.63, 3.8) is 0 Å². The lowest BCUT2D eigenvalue weighted by atomic mass is 10.1. The van der Waals surface area contributed by atoms with Crippen LogP contribution in [0.4, 0.5) is 5.69 Å². The summed E-state index contributed by atoms with van der Waals surface area (Å²) in [4.78, 5) is 29.7. The van der Waals surface area contributed by atoms with Gasteiger partial charge in [-0.1, -0.05) is 18.2 Å². The number of pyridine rings is 1. The summed E-state index contributed by atoms with van der Waals surface area (Å²) in [5, 5.41) is 8.88. The zero-order valence-corrected chi connectivity index (χ0v) is 16.9. The molecule has 8 heteroatoms. The van der Waals surface area contributed by atoms with Crippen LogP contribution in [0.3, 0.4) is 0 Å². The van der Waals surface area contributed by atoms with Crippen LogP contribution in [0.2, 0.25) is 0 Å². The Morgan fingerprint density at radius 1 is 1.23 bits per heavy atom. The SMILES string of the molecule is CCOC(=O)C1=NN(c2ccccc2)C(C(=O)NCc2cn3ccc(C)cc3n2)C1. The van der Waals surface area contributed by atoms with Crippen LogP contribution in [0.25, 0.3) is 5.65 Å². The Hall–Kier alpha value is -3.68. The third-order valence-electron chi connectivity index (χ3n) is 4.85. The minimum absolute atomic E-state index is 0.184. The molecule has 0 aliphatic carbocycles. The lowest BCUT2D eigenvalue weighted by molar-refractivity contribution is -0.135. The maximum absolute atomic E-state index is 13.0. The fourth-order valence-corrected chi connectivity index (χ4v) is 3.39. The number of ether oxygens (including phenoxy) is 1. The van der Waals surface area contributed by atoms with E-state index in [0.29, 0.717) is 0 Å². The molecule has 0 fully saturated rings. The van der Waals surface area contributed by atoms with Gasteiger partial charge in [0.25, 0.3) is 0 Å². The highest BCUT2D eigenvalue weighted by atomic mass is 16.5. The monoisotopic (exact) mass is 405 g/mol. The van der Waals surface area contributed by atoms with Crippen LogP contribution >= 0.6 is 0 Å². The van der Waals surface area contributed by atoms with Crippen LogP contribution in [-0.2, 0) is 20.9 Å². The summed E-state index contributed by atoms with van der Waals surface area (Å²) >= 11 is 0. The van der Waals surface area contributed by atoms with Gasteiger partial charge < -0.3 is 14.5 Å². The third-order valence-corrected chi connectivity index (χ3v) is 4.85. The van der Waals surface area contributed by atoms with Crippen molar-refractivity contribution >= 4 is 28.9 Å². The summed E-state index contributed by atoms with van der Waals surface area (Å²) in [6.45, 7) is 4.29. The van der Waals surface area contributed by atoms with E-state index in [-0.39, 0.29) is 31.2 Å². The molecule has 1 aliphatic rings. The maximum atomic E-state index is 13.0. The molecule has 1 amide bonds. The normalized spacial score (nSPS) is 15.9. The second-order valence-corrected chi connectivity index (χ2v) is 7.09. The summed E-state index contributed by atoms with van der Waals surface area (Å²) in [5.41, 5.74) is 3.68. The minimum Gasteiger partial charge on any atom is -0.461 e. The highest BCUT2D eigenvalue weighted by Gasteiger charge is 2.36. The number of nitrogens with one attached hydrogen (secondary N) is 1. The van der Waals surface area contributed by atoms with Gasteiger partial charge >= 0.3 is 5.97 Å². The molecule has 1 aliphatic heterocycles. The Morgan fingerprint density at radius 3 is 2.80 bits per heavy atom. The van der Waals surface area contributed by atoms with E-state index in [0.717, 1.165) is 22.6 Å². The van der Waals surface area contributed by atoms with Crippen molar-refractivity contribution in [1.82, 2.24) is 14.7 Å². The number of nitrogens with zero attached hydrogens (tertiary/aromatic N) is 4. The Morgan fingerprint density at radius 2 is 2.03 bits per heavy atom. The Bertz CT molecular complexity index is 1110. The Balaban J connectivity index is 1.50. The van der Waals surface area contributed by atoms with E-state index in [2.05, 4.69) is 15.4 Å². The van der Waals surface area contributed by atoms with Crippen molar-refractivity contribution in [2.75, 3.05) is 11.6 Å². The number of aromatic nitrogens is 2. The molecule has 2 aromatic heterocycles.